The highest BCUT2D eigenvalue weighted by atomic mass is 32.1. The lowest BCUT2D eigenvalue weighted by atomic mass is 9.83. The number of amides is 6. The lowest BCUT2D eigenvalue weighted by molar-refractivity contribution is -0.142. The molecule has 4 fully saturated rings. The van der Waals surface area contributed by atoms with Crippen molar-refractivity contribution in [2.24, 2.45) is 23.7 Å². The first-order valence-corrected chi connectivity index (χ1v) is 27.9. The molecule has 4 heterocycles. The lowest BCUT2D eigenvalue weighted by Gasteiger charge is -2.35. The molecule has 0 radical (unpaired) electrons. The molecule has 0 bridgehead atoms. The van der Waals surface area contributed by atoms with Crippen molar-refractivity contribution in [1.82, 2.24) is 30.4 Å². The second-order valence-corrected chi connectivity index (χ2v) is 22.0. The van der Waals surface area contributed by atoms with E-state index in [0.29, 0.717) is 70.4 Å². The molecule has 8 rings (SSSR count). The summed E-state index contributed by atoms with van der Waals surface area (Å²) < 4.78 is 0. The Balaban J connectivity index is 0.000000211. The van der Waals surface area contributed by atoms with Gasteiger partial charge in [0.1, 0.15) is 45.6 Å². The van der Waals surface area contributed by atoms with E-state index < -0.39 is 24.2 Å². The van der Waals surface area contributed by atoms with Gasteiger partial charge in [0.15, 0.2) is 10.3 Å². The standard InChI is InChI=1S/2C27H37N5O3S/c2*1-3-17(2)23(33)29-22(19-13-8-5-9-14-19)26(35)32-16-10-15-20(32)24(34)31-25-21(30-27(28)36-25)18-11-6-4-7-12-18/h2*4,6-7,11-12,17,19-20,22H,3,5,8-10,13-16H2,1-2H3,(H2,28,30)(H,29,33)(H,31,34)/t2*17-,20+,22+/m11/s1. The van der Waals surface area contributed by atoms with Gasteiger partial charge in [0.25, 0.3) is 0 Å². The third-order valence-electron chi connectivity index (χ3n) is 15.0. The third kappa shape index (κ3) is 13.4. The molecular weight excluding hydrogens is 949 g/mol. The van der Waals surface area contributed by atoms with E-state index in [2.05, 4.69) is 31.2 Å². The molecule has 6 amide bonds. The Labute approximate surface area is 432 Å². The highest BCUT2D eigenvalue weighted by Gasteiger charge is 2.43. The number of nitrogen functional groups attached to an aromatic ring is 2. The number of anilines is 4. The molecule has 2 saturated carbocycles. The van der Waals surface area contributed by atoms with E-state index in [1.165, 1.54) is 22.7 Å². The topological polar surface area (TPSA) is 235 Å². The average molecular weight is 1020 g/mol. The van der Waals surface area contributed by atoms with Gasteiger partial charge in [-0.2, -0.15) is 0 Å². The molecule has 4 aliphatic rings. The van der Waals surface area contributed by atoms with Crippen LogP contribution >= 0.6 is 22.7 Å². The van der Waals surface area contributed by atoms with Crippen LogP contribution in [0.3, 0.4) is 0 Å². The first kappa shape index (κ1) is 53.9. The number of carbonyl (C=O) groups is 6. The van der Waals surface area contributed by atoms with Crippen molar-refractivity contribution in [3.63, 3.8) is 0 Å². The van der Waals surface area contributed by atoms with E-state index in [4.69, 9.17) is 11.5 Å². The predicted octanol–water partition coefficient (Wildman–Crippen LogP) is 8.87. The third-order valence-corrected chi connectivity index (χ3v) is 16.6. The first-order chi connectivity index (χ1) is 34.8. The number of thiazole rings is 2. The van der Waals surface area contributed by atoms with Crippen LogP contribution in [0, 0.1) is 23.7 Å². The second-order valence-electron chi connectivity index (χ2n) is 19.9. The molecule has 6 atom stereocenters. The average Bonchev–Trinajstić information content (AvgIpc) is 4.25. The summed E-state index contributed by atoms with van der Waals surface area (Å²) in [4.78, 5) is 92.4. The zero-order valence-corrected chi connectivity index (χ0v) is 44.0. The van der Waals surface area contributed by atoms with E-state index in [1.54, 1.807) is 9.80 Å². The van der Waals surface area contributed by atoms with Gasteiger partial charge in [-0.3, -0.25) is 28.8 Å². The Bertz CT molecular complexity index is 2300. The van der Waals surface area contributed by atoms with Gasteiger partial charge in [0.2, 0.25) is 35.4 Å². The highest BCUT2D eigenvalue weighted by molar-refractivity contribution is 7.20. The summed E-state index contributed by atoms with van der Waals surface area (Å²) >= 11 is 2.45. The van der Waals surface area contributed by atoms with Crippen molar-refractivity contribution < 1.29 is 28.8 Å². The zero-order valence-electron chi connectivity index (χ0n) is 42.3. The number of hydrogen-bond acceptors (Lipinski definition) is 12. The number of likely N-dealkylation sites (tertiary alicyclic amines) is 2. The first-order valence-electron chi connectivity index (χ1n) is 26.2. The van der Waals surface area contributed by atoms with E-state index in [9.17, 15) is 28.8 Å². The maximum absolute atomic E-state index is 13.9. The van der Waals surface area contributed by atoms with Crippen molar-refractivity contribution in [2.75, 3.05) is 35.2 Å². The second kappa shape index (κ2) is 25.7. The molecule has 16 nitrogen and oxygen atoms in total. The molecule has 2 saturated heterocycles. The molecule has 2 aliphatic carbocycles. The minimum atomic E-state index is -0.587. The van der Waals surface area contributed by atoms with Crippen LogP contribution in [0.5, 0.6) is 0 Å². The molecule has 0 unspecified atom stereocenters. The molecule has 18 heteroatoms. The number of benzene rings is 2. The van der Waals surface area contributed by atoms with E-state index in [1.807, 2.05) is 88.4 Å². The van der Waals surface area contributed by atoms with Crippen LogP contribution in [0.2, 0.25) is 0 Å². The Kier molecular flexibility index (Phi) is 19.2. The normalized spacial score (nSPS) is 20.1. The van der Waals surface area contributed by atoms with Crippen LogP contribution in [0.4, 0.5) is 20.3 Å². The fraction of sp³-hybridized carbons (Fsp3) is 0.556. The van der Waals surface area contributed by atoms with Crippen LogP contribution in [0.25, 0.3) is 22.5 Å². The number of aromatic nitrogens is 2. The molecule has 0 spiro atoms. The van der Waals surface area contributed by atoms with Crippen molar-refractivity contribution in [3.8, 4) is 22.5 Å². The highest BCUT2D eigenvalue weighted by Crippen LogP contribution is 2.38. The summed E-state index contributed by atoms with van der Waals surface area (Å²) in [7, 11) is 0. The maximum Gasteiger partial charge on any atom is 0.247 e. The summed E-state index contributed by atoms with van der Waals surface area (Å²) in [5, 5.41) is 14.0. The maximum atomic E-state index is 13.9. The molecule has 2 aliphatic heterocycles. The Morgan fingerprint density at radius 3 is 1.26 bits per heavy atom. The van der Waals surface area contributed by atoms with Gasteiger partial charge in [-0.1, -0.05) is 150 Å². The summed E-state index contributed by atoms with van der Waals surface area (Å²) in [6.45, 7) is 8.73. The van der Waals surface area contributed by atoms with Gasteiger partial charge in [-0.25, -0.2) is 9.97 Å². The number of nitrogens with one attached hydrogen (secondary N) is 4. The van der Waals surface area contributed by atoms with Crippen molar-refractivity contribution in [3.05, 3.63) is 60.7 Å². The van der Waals surface area contributed by atoms with Crippen molar-refractivity contribution in [1.29, 1.82) is 0 Å². The van der Waals surface area contributed by atoms with Gasteiger partial charge < -0.3 is 42.5 Å². The zero-order chi connectivity index (χ0) is 51.3. The van der Waals surface area contributed by atoms with Crippen LogP contribution in [0.15, 0.2) is 60.7 Å². The van der Waals surface area contributed by atoms with E-state index in [-0.39, 0.29) is 59.1 Å². The van der Waals surface area contributed by atoms with Crippen molar-refractivity contribution >= 4 is 78.4 Å². The molecular formula is C54H74N10O6S2. The van der Waals surface area contributed by atoms with Gasteiger partial charge in [-0.05, 0) is 76.0 Å². The SMILES string of the molecule is CC[C@@H](C)C(=O)N[C@H](C(=O)N1CCC[C@H]1C(=O)Nc1sc(N)nc1-c1ccccc1)C1CCCCC1.CC[C@@H](C)C(=O)N[C@H](C(=O)N1CCC[C@H]1C(=O)Nc1sc(N)nc1-c1ccccc1)C1CCCCC1. The fourth-order valence-electron chi connectivity index (χ4n) is 10.4. The fourth-order valence-corrected chi connectivity index (χ4v) is 12.0. The molecule has 2 aromatic carbocycles. The largest absolute Gasteiger partial charge is 0.375 e. The van der Waals surface area contributed by atoms with E-state index in [0.717, 1.165) is 88.2 Å². The molecule has 72 heavy (non-hydrogen) atoms. The summed E-state index contributed by atoms with van der Waals surface area (Å²) in [6.07, 6.45) is 14.3. The van der Waals surface area contributed by atoms with Crippen LogP contribution in [-0.2, 0) is 28.8 Å². The number of nitrogens with zero attached hydrogens (tertiary/aromatic N) is 4. The van der Waals surface area contributed by atoms with Crippen LogP contribution < -0.4 is 32.7 Å². The van der Waals surface area contributed by atoms with Gasteiger partial charge in [0.05, 0.1) is 0 Å². The van der Waals surface area contributed by atoms with Gasteiger partial charge >= 0.3 is 0 Å². The monoisotopic (exact) mass is 1020 g/mol. The van der Waals surface area contributed by atoms with Gasteiger partial charge in [-0.15, -0.1) is 0 Å². The summed E-state index contributed by atoms with van der Waals surface area (Å²) in [5.41, 5.74) is 14.9. The minimum Gasteiger partial charge on any atom is -0.375 e. The predicted molar refractivity (Wildman–Crippen MR) is 287 cm³/mol. The number of hydrogen-bond donors (Lipinski definition) is 6. The quantitative estimate of drug-likeness (QED) is 0.0624. The molecule has 2 aromatic heterocycles. The Hall–Kier alpha value is -5.88. The van der Waals surface area contributed by atoms with E-state index >= 15 is 0 Å². The smallest absolute Gasteiger partial charge is 0.247 e. The molecule has 8 N–H and O–H groups in total. The Morgan fingerprint density at radius 1 is 0.556 bits per heavy atom. The minimum absolute atomic E-state index is 0.0886. The van der Waals surface area contributed by atoms with Crippen LogP contribution in [-0.4, -0.2) is 92.5 Å². The lowest BCUT2D eigenvalue weighted by Crippen LogP contribution is -2.56. The molecule has 4 aromatic rings. The molecule has 388 valence electrons. The number of rotatable bonds is 16. The summed E-state index contributed by atoms with van der Waals surface area (Å²) in [6, 6.07) is 16.8. The van der Waals surface area contributed by atoms with Crippen LogP contribution in [0.1, 0.15) is 130 Å². The Morgan fingerprint density at radius 2 is 0.917 bits per heavy atom. The summed E-state index contributed by atoms with van der Waals surface area (Å²) in [5.74, 6) is -1.03. The number of nitrogens with two attached hydrogens (primary N) is 2. The van der Waals surface area contributed by atoms with Crippen molar-refractivity contribution in [2.45, 2.75) is 155 Å². The van der Waals surface area contributed by atoms with Gasteiger partial charge in [0, 0.05) is 36.1 Å². The number of carbonyl (C=O) groups excluding carboxylic acids is 6.